The smallest absolute Gasteiger partial charge is 0.339 e. The SMILES string of the molecule is COc1ccc(C=C(C#N)C#N)cc1OS(=O)(=O)c1ccccc1. The molecule has 0 bridgehead atoms. The second kappa shape index (κ2) is 7.32. The highest BCUT2D eigenvalue weighted by atomic mass is 32.2. The maximum atomic E-state index is 12.3. The minimum Gasteiger partial charge on any atom is -0.493 e. The number of ether oxygens (including phenoxy) is 1. The summed E-state index contributed by atoms with van der Waals surface area (Å²) in [5.41, 5.74) is 0.323. The van der Waals surface area contributed by atoms with E-state index in [-0.39, 0.29) is 22.0 Å². The number of rotatable bonds is 5. The molecule has 0 saturated heterocycles. The lowest BCUT2D eigenvalue weighted by Gasteiger charge is -2.11. The summed E-state index contributed by atoms with van der Waals surface area (Å²) in [5, 5.41) is 17.6. The molecule has 0 radical (unpaired) electrons. The molecule has 0 heterocycles. The van der Waals surface area contributed by atoms with E-state index in [9.17, 15) is 8.42 Å². The van der Waals surface area contributed by atoms with Gasteiger partial charge in [0.05, 0.1) is 7.11 Å². The van der Waals surface area contributed by atoms with Crippen LogP contribution in [-0.4, -0.2) is 15.5 Å². The average Bonchev–Trinajstić information content (AvgIpc) is 2.60. The molecule has 0 amide bonds. The van der Waals surface area contributed by atoms with Crippen LogP contribution in [0.3, 0.4) is 0 Å². The van der Waals surface area contributed by atoms with E-state index >= 15 is 0 Å². The van der Waals surface area contributed by atoms with Gasteiger partial charge in [-0.25, -0.2) is 0 Å². The van der Waals surface area contributed by atoms with E-state index in [4.69, 9.17) is 19.4 Å². The van der Waals surface area contributed by atoms with Gasteiger partial charge in [0.25, 0.3) is 0 Å². The van der Waals surface area contributed by atoms with Crippen molar-refractivity contribution in [1.82, 2.24) is 0 Å². The predicted molar refractivity (Wildman–Crippen MR) is 86.5 cm³/mol. The zero-order valence-electron chi connectivity index (χ0n) is 12.6. The maximum absolute atomic E-state index is 12.3. The van der Waals surface area contributed by atoms with E-state index < -0.39 is 10.1 Å². The first-order valence-electron chi connectivity index (χ1n) is 6.69. The molecule has 0 spiro atoms. The lowest BCUT2D eigenvalue weighted by atomic mass is 10.1. The number of hydrogen-bond acceptors (Lipinski definition) is 6. The Morgan fingerprint density at radius 3 is 2.29 bits per heavy atom. The minimum absolute atomic E-state index is 0.00253. The molecular formula is C17H12N2O4S. The molecule has 6 nitrogen and oxygen atoms in total. The van der Waals surface area contributed by atoms with E-state index in [0.29, 0.717) is 5.56 Å². The molecule has 0 unspecified atom stereocenters. The largest absolute Gasteiger partial charge is 0.493 e. The summed E-state index contributed by atoms with van der Waals surface area (Å²) in [7, 11) is -2.66. The number of methoxy groups -OCH3 is 1. The summed E-state index contributed by atoms with van der Waals surface area (Å²) in [5.74, 6) is 0.174. The van der Waals surface area contributed by atoms with Crippen LogP contribution < -0.4 is 8.92 Å². The summed E-state index contributed by atoms with van der Waals surface area (Å²) in [4.78, 5) is 0.00253. The first-order chi connectivity index (χ1) is 11.5. The Morgan fingerprint density at radius 1 is 1.04 bits per heavy atom. The molecule has 0 aliphatic rings. The summed E-state index contributed by atoms with van der Waals surface area (Å²) < 4.78 is 34.9. The maximum Gasteiger partial charge on any atom is 0.339 e. The van der Waals surface area contributed by atoms with Gasteiger partial charge >= 0.3 is 10.1 Å². The Morgan fingerprint density at radius 2 is 1.71 bits per heavy atom. The van der Waals surface area contributed by atoms with Crippen LogP contribution in [0.25, 0.3) is 6.08 Å². The molecule has 0 atom stereocenters. The van der Waals surface area contributed by atoms with Crippen LogP contribution in [0.2, 0.25) is 0 Å². The highest BCUT2D eigenvalue weighted by Gasteiger charge is 2.19. The molecule has 0 aliphatic carbocycles. The molecule has 2 aromatic rings. The fourth-order valence-corrected chi connectivity index (χ4v) is 2.81. The molecule has 0 aliphatic heterocycles. The van der Waals surface area contributed by atoms with Crippen molar-refractivity contribution in [3.63, 3.8) is 0 Å². The standard InChI is InChI=1S/C17H12N2O4S/c1-22-16-8-7-13(9-14(11-18)12-19)10-17(16)23-24(20,21)15-5-3-2-4-6-15/h2-10H,1H3. The van der Waals surface area contributed by atoms with Crippen LogP contribution in [0.1, 0.15) is 5.56 Å². The fourth-order valence-electron chi connectivity index (χ4n) is 1.86. The summed E-state index contributed by atoms with van der Waals surface area (Å²) in [6, 6.07) is 15.6. The van der Waals surface area contributed by atoms with E-state index in [2.05, 4.69) is 0 Å². The van der Waals surface area contributed by atoms with Gasteiger partial charge in [-0.15, -0.1) is 0 Å². The van der Waals surface area contributed by atoms with Gasteiger partial charge < -0.3 is 8.92 Å². The molecule has 2 aromatic carbocycles. The second-order valence-corrected chi connectivity index (χ2v) is 6.09. The van der Waals surface area contributed by atoms with Gasteiger partial charge in [-0.3, -0.25) is 0 Å². The molecule has 0 N–H and O–H groups in total. The van der Waals surface area contributed by atoms with E-state index in [1.807, 2.05) is 0 Å². The third-order valence-electron chi connectivity index (χ3n) is 2.97. The van der Waals surface area contributed by atoms with Crippen LogP contribution in [0.4, 0.5) is 0 Å². The van der Waals surface area contributed by atoms with Crippen molar-refractivity contribution in [1.29, 1.82) is 10.5 Å². The van der Waals surface area contributed by atoms with Gasteiger partial charge in [-0.1, -0.05) is 24.3 Å². The van der Waals surface area contributed by atoms with Crippen LogP contribution in [0.5, 0.6) is 11.5 Å². The molecule has 0 saturated carbocycles. The lowest BCUT2D eigenvalue weighted by Crippen LogP contribution is -2.10. The molecule has 7 heteroatoms. The van der Waals surface area contributed by atoms with Gasteiger partial charge in [0.1, 0.15) is 22.6 Å². The van der Waals surface area contributed by atoms with E-state index in [1.165, 1.54) is 37.5 Å². The second-order valence-electron chi connectivity index (χ2n) is 4.54. The Kier molecular flexibility index (Phi) is 5.20. The molecule has 0 fully saturated rings. The van der Waals surface area contributed by atoms with E-state index in [0.717, 1.165) is 0 Å². The average molecular weight is 340 g/mol. The zero-order valence-corrected chi connectivity index (χ0v) is 13.4. The topological polar surface area (TPSA) is 100 Å². The highest BCUT2D eigenvalue weighted by molar-refractivity contribution is 7.87. The van der Waals surface area contributed by atoms with Gasteiger partial charge in [-0.05, 0) is 35.9 Å². The summed E-state index contributed by atoms with van der Waals surface area (Å²) in [6.07, 6.45) is 1.32. The quantitative estimate of drug-likeness (QED) is 0.613. The minimum atomic E-state index is -4.03. The van der Waals surface area contributed by atoms with Crippen molar-refractivity contribution in [3.05, 3.63) is 59.7 Å². The number of nitriles is 2. The fraction of sp³-hybridized carbons (Fsp3) is 0.0588. The van der Waals surface area contributed by atoms with Crippen LogP contribution in [0.15, 0.2) is 59.0 Å². The molecular weight excluding hydrogens is 328 g/mol. The Labute approximate surface area is 139 Å². The first-order valence-corrected chi connectivity index (χ1v) is 8.10. The van der Waals surface area contributed by atoms with Crippen molar-refractivity contribution in [2.24, 2.45) is 0 Å². The van der Waals surface area contributed by atoms with Crippen molar-refractivity contribution in [3.8, 4) is 23.6 Å². The number of benzene rings is 2. The van der Waals surface area contributed by atoms with Gasteiger partial charge in [0.2, 0.25) is 0 Å². The van der Waals surface area contributed by atoms with Crippen molar-refractivity contribution in [2.45, 2.75) is 4.90 Å². The molecule has 24 heavy (non-hydrogen) atoms. The zero-order chi connectivity index (χ0) is 17.6. The van der Waals surface area contributed by atoms with Crippen molar-refractivity contribution < 1.29 is 17.3 Å². The Hall–Kier alpha value is -3.29. The summed E-state index contributed by atoms with van der Waals surface area (Å²) in [6.45, 7) is 0. The lowest BCUT2D eigenvalue weighted by molar-refractivity contribution is 0.390. The first kappa shape index (κ1) is 17.1. The molecule has 120 valence electrons. The van der Waals surface area contributed by atoms with Crippen LogP contribution >= 0.6 is 0 Å². The third-order valence-corrected chi connectivity index (χ3v) is 4.22. The number of hydrogen-bond donors (Lipinski definition) is 0. The third kappa shape index (κ3) is 3.92. The van der Waals surface area contributed by atoms with Crippen LogP contribution in [-0.2, 0) is 10.1 Å². The number of allylic oxidation sites excluding steroid dienone is 1. The Bertz CT molecular complexity index is 936. The van der Waals surface area contributed by atoms with Gasteiger partial charge in [0, 0.05) is 0 Å². The summed E-state index contributed by atoms with van der Waals surface area (Å²) >= 11 is 0. The molecule has 2 rings (SSSR count). The van der Waals surface area contributed by atoms with Crippen molar-refractivity contribution in [2.75, 3.05) is 7.11 Å². The van der Waals surface area contributed by atoms with Gasteiger partial charge in [-0.2, -0.15) is 18.9 Å². The van der Waals surface area contributed by atoms with Crippen LogP contribution in [0, 0.1) is 22.7 Å². The monoisotopic (exact) mass is 340 g/mol. The van der Waals surface area contributed by atoms with E-state index in [1.54, 1.807) is 36.4 Å². The van der Waals surface area contributed by atoms with Crippen molar-refractivity contribution >= 4 is 16.2 Å². The predicted octanol–water partition coefficient (Wildman–Crippen LogP) is 2.89. The van der Waals surface area contributed by atoms with Gasteiger partial charge in [0.15, 0.2) is 11.5 Å². The number of nitrogens with zero attached hydrogens (tertiary/aromatic N) is 2. The highest BCUT2D eigenvalue weighted by Crippen LogP contribution is 2.31. The molecule has 0 aromatic heterocycles. The normalized spacial score (nSPS) is 10.1. The Balaban J connectivity index is 2.45.